The molecule has 4 N–H and O–H groups in total. The molecule has 0 atom stereocenters. The van der Waals surface area contributed by atoms with Crippen molar-refractivity contribution in [1.82, 2.24) is 14.8 Å². The fourth-order valence-electron chi connectivity index (χ4n) is 4.93. The van der Waals surface area contributed by atoms with Crippen molar-refractivity contribution in [1.29, 1.82) is 0 Å². The number of hydrogen-bond acceptors (Lipinski definition) is 7. The van der Waals surface area contributed by atoms with Crippen LogP contribution in [0.2, 0.25) is 0 Å². The molecule has 0 radical (unpaired) electrons. The van der Waals surface area contributed by atoms with Gasteiger partial charge in [-0.15, -0.1) is 11.3 Å². The molecule has 3 aromatic rings. The number of anilines is 3. The van der Waals surface area contributed by atoms with E-state index < -0.39 is 0 Å². The molecule has 0 spiro atoms. The Bertz CT molecular complexity index is 1250. The molecule has 2 heterocycles. The number of hydrogen-bond donors (Lipinski definition) is 3. The third kappa shape index (κ3) is 7.35. The third-order valence-corrected chi connectivity index (χ3v) is 8.22. The molecule has 206 valence electrons. The van der Waals surface area contributed by atoms with Gasteiger partial charge in [-0.25, -0.2) is 9.78 Å². The lowest BCUT2D eigenvalue weighted by molar-refractivity contribution is 0.0365. The predicted octanol–water partition coefficient (Wildman–Crippen LogP) is 4.61. The molecule has 2 aromatic carbocycles. The van der Waals surface area contributed by atoms with E-state index in [0.29, 0.717) is 35.2 Å². The van der Waals surface area contributed by atoms with Gasteiger partial charge in [-0.2, -0.15) is 0 Å². The summed E-state index contributed by atoms with van der Waals surface area (Å²) in [5.41, 5.74) is 9.66. The van der Waals surface area contributed by atoms with Gasteiger partial charge in [0.2, 0.25) is 0 Å². The van der Waals surface area contributed by atoms with Gasteiger partial charge in [0.05, 0.1) is 30.3 Å². The molecule has 5 rings (SSSR count). The number of nitrogens with zero attached hydrogens (tertiary/aromatic N) is 3. The van der Waals surface area contributed by atoms with Crippen molar-refractivity contribution >= 4 is 39.8 Å². The second-order valence-corrected chi connectivity index (χ2v) is 11.1. The van der Waals surface area contributed by atoms with Gasteiger partial charge in [-0.3, -0.25) is 15.0 Å². The van der Waals surface area contributed by atoms with Crippen molar-refractivity contribution in [2.24, 2.45) is 0 Å². The summed E-state index contributed by atoms with van der Waals surface area (Å²) < 4.78 is 5.45. The topological polar surface area (TPSA) is 113 Å². The van der Waals surface area contributed by atoms with Gasteiger partial charge in [0.15, 0.2) is 5.13 Å². The van der Waals surface area contributed by atoms with E-state index in [4.69, 9.17) is 10.5 Å². The number of carbonyl (C=O) groups excluding carboxylic acids is 2. The molecule has 9 nitrogen and oxygen atoms in total. The summed E-state index contributed by atoms with van der Waals surface area (Å²) in [6.07, 6.45) is 5.24. The molecule has 3 amide bonds. The Hall–Kier alpha value is -3.47. The highest BCUT2D eigenvalue weighted by molar-refractivity contribution is 7.15. The van der Waals surface area contributed by atoms with E-state index in [1.54, 1.807) is 35.6 Å². The number of thiazole rings is 1. The maximum absolute atomic E-state index is 13.4. The maximum atomic E-state index is 13.4. The van der Waals surface area contributed by atoms with Gasteiger partial charge < -0.3 is 20.7 Å². The quantitative estimate of drug-likeness (QED) is 0.337. The summed E-state index contributed by atoms with van der Waals surface area (Å²) in [6.45, 7) is 5.34. The second-order valence-electron chi connectivity index (χ2n) is 9.99. The first-order valence-electron chi connectivity index (χ1n) is 13.6. The SMILES string of the molecule is Nc1ccccc1NC(=O)c1ccc(CN(CCCN2CCOCC2)C(=O)Nc2nc3c(s2)CCCC3)cc1. The Morgan fingerprint density at radius 1 is 1.03 bits per heavy atom. The van der Waals surface area contributed by atoms with Crippen LogP contribution in [0.3, 0.4) is 0 Å². The zero-order valence-corrected chi connectivity index (χ0v) is 23.0. The first kappa shape index (κ1) is 27.1. The molecule has 0 bridgehead atoms. The Balaban J connectivity index is 1.23. The zero-order valence-electron chi connectivity index (χ0n) is 22.2. The van der Waals surface area contributed by atoms with E-state index in [2.05, 4.69) is 20.5 Å². The number of nitrogens with two attached hydrogens (primary N) is 1. The number of urea groups is 1. The molecular formula is C29H36N6O3S. The molecular weight excluding hydrogens is 512 g/mol. The number of ether oxygens (including phenoxy) is 1. The molecule has 1 aliphatic heterocycles. The standard InChI is InChI=1S/C29H36N6O3S/c30-23-6-1-2-7-24(23)31-27(36)22-12-10-21(11-13-22)20-35(15-5-14-34-16-18-38-19-17-34)29(37)33-28-32-25-8-3-4-9-26(25)39-28/h1-2,6-7,10-13H,3-5,8-9,14-20,30H2,(H,31,36)(H,32,33,37). The lowest BCUT2D eigenvalue weighted by Gasteiger charge is -2.28. The van der Waals surface area contributed by atoms with Gasteiger partial charge in [0.25, 0.3) is 5.91 Å². The van der Waals surface area contributed by atoms with Crippen molar-refractivity contribution in [3.8, 4) is 0 Å². The van der Waals surface area contributed by atoms with Crippen LogP contribution in [0.1, 0.15) is 45.8 Å². The number of morpholine rings is 1. The molecule has 1 aromatic heterocycles. The summed E-state index contributed by atoms with van der Waals surface area (Å²) in [5, 5.41) is 6.59. The number of rotatable bonds is 9. The lowest BCUT2D eigenvalue weighted by Crippen LogP contribution is -2.40. The Morgan fingerprint density at radius 2 is 1.79 bits per heavy atom. The number of fused-ring (bicyclic) bond motifs is 1. The molecule has 39 heavy (non-hydrogen) atoms. The van der Waals surface area contributed by atoms with Gasteiger partial charge >= 0.3 is 6.03 Å². The van der Waals surface area contributed by atoms with E-state index in [1.807, 2.05) is 29.2 Å². The number of benzene rings is 2. The zero-order chi connectivity index (χ0) is 27.0. The normalized spacial score (nSPS) is 15.4. The maximum Gasteiger partial charge on any atom is 0.323 e. The highest BCUT2D eigenvalue weighted by Crippen LogP contribution is 2.29. The smallest absolute Gasteiger partial charge is 0.323 e. The van der Waals surface area contributed by atoms with E-state index in [9.17, 15) is 9.59 Å². The predicted molar refractivity (Wildman–Crippen MR) is 155 cm³/mol. The number of aromatic nitrogens is 1. The molecule has 0 saturated carbocycles. The van der Waals surface area contributed by atoms with Crippen LogP contribution >= 0.6 is 11.3 Å². The van der Waals surface area contributed by atoms with E-state index in [1.165, 1.54) is 11.3 Å². The van der Waals surface area contributed by atoms with Crippen LogP contribution in [0.5, 0.6) is 0 Å². The third-order valence-electron chi connectivity index (χ3n) is 7.15. The minimum Gasteiger partial charge on any atom is -0.397 e. The number of para-hydroxylation sites is 2. The molecule has 1 fully saturated rings. The van der Waals surface area contributed by atoms with Crippen LogP contribution in [0.4, 0.5) is 21.3 Å². The summed E-state index contributed by atoms with van der Waals surface area (Å²) in [5.74, 6) is -0.229. The van der Waals surface area contributed by atoms with Crippen molar-refractivity contribution in [3.05, 3.63) is 70.2 Å². The van der Waals surface area contributed by atoms with Crippen molar-refractivity contribution in [2.45, 2.75) is 38.6 Å². The van der Waals surface area contributed by atoms with Crippen LogP contribution in [0.15, 0.2) is 48.5 Å². The molecule has 10 heteroatoms. The van der Waals surface area contributed by atoms with E-state index in [0.717, 1.165) is 69.8 Å². The first-order chi connectivity index (χ1) is 19.0. The molecule has 1 saturated heterocycles. The average molecular weight is 549 g/mol. The van der Waals surface area contributed by atoms with Crippen molar-refractivity contribution < 1.29 is 14.3 Å². The van der Waals surface area contributed by atoms with Gasteiger partial charge in [-0.05, 0) is 61.9 Å². The Kier molecular flexibility index (Phi) is 9.08. The first-order valence-corrected chi connectivity index (χ1v) is 14.5. The number of carbonyl (C=O) groups is 2. The molecule has 2 aliphatic rings. The number of nitrogen functional groups attached to an aromatic ring is 1. The molecule has 0 unspecified atom stereocenters. The largest absolute Gasteiger partial charge is 0.397 e. The van der Waals surface area contributed by atoms with Crippen molar-refractivity contribution in [2.75, 3.05) is 55.8 Å². The van der Waals surface area contributed by atoms with E-state index in [-0.39, 0.29) is 11.9 Å². The second kappa shape index (κ2) is 13.1. The number of nitrogens with one attached hydrogen (secondary N) is 2. The van der Waals surface area contributed by atoms with Gasteiger partial charge in [0, 0.05) is 43.2 Å². The minimum atomic E-state index is -0.229. The van der Waals surface area contributed by atoms with Crippen LogP contribution in [0, 0.1) is 0 Å². The van der Waals surface area contributed by atoms with Crippen LogP contribution in [-0.4, -0.2) is 66.1 Å². The summed E-state index contributed by atoms with van der Waals surface area (Å²) in [6, 6.07) is 14.4. The summed E-state index contributed by atoms with van der Waals surface area (Å²) >= 11 is 1.60. The average Bonchev–Trinajstić information content (AvgIpc) is 3.37. The van der Waals surface area contributed by atoms with Crippen LogP contribution in [-0.2, 0) is 24.1 Å². The summed E-state index contributed by atoms with van der Waals surface area (Å²) in [7, 11) is 0. The van der Waals surface area contributed by atoms with Crippen LogP contribution in [0.25, 0.3) is 0 Å². The number of aryl methyl sites for hydroxylation is 2. The highest BCUT2D eigenvalue weighted by Gasteiger charge is 2.20. The highest BCUT2D eigenvalue weighted by atomic mass is 32.1. The monoisotopic (exact) mass is 548 g/mol. The Labute approximate surface area is 233 Å². The van der Waals surface area contributed by atoms with Crippen LogP contribution < -0.4 is 16.4 Å². The van der Waals surface area contributed by atoms with E-state index >= 15 is 0 Å². The fraction of sp³-hybridized carbons (Fsp3) is 0.414. The lowest BCUT2D eigenvalue weighted by atomic mass is 10.0. The minimum absolute atomic E-state index is 0.149. The fourth-order valence-corrected chi connectivity index (χ4v) is 5.97. The van der Waals surface area contributed by atoms with Gasteiger partial charge in [0.1, 0.15) is 0 Å². The Morgan fingerprint density at radius 3 is 2.56 bits per heavy atom. The number of amides is 3. The summed E-state index contributed by atoms with van der Waals surface area (Å²) in [4.78, 5) is 36.3. The molecule has 1 aliphatic carbocycles. The van der Waals surface area contributed by atoms with Gasteiger partial charge in [-0.1, -0.05) is 24.3 Å². The van der Waals surface area contributed by atoms with Crippen molar-refractivity contribution in [3.63, 3.8) is 0 Å².